The Balaban J connectivity index is 1.98. The number of pyridine rings is 1. The zero-order chi connectivity index (χ0) is 14.6. The van der Waals surface area contributed by atoms with Crippen LogP contribution in [0.2, 0.25) is 0 Å². The molecule has 1 aliphatic carbocycles. The number of hydrogen-bond donors (Lipinski definition) is 1. The lowest BCUT2D eigenvalue weighted by molar-refractivity contribution is -0.137. The van der Waals surface area contributed by atoms with E-state index in [0.29, 0.717) is 6.20 Å². The van der Waals surface area contributed by atoms with Gasteiger partial charge in [-0.05, 0) is 25.0 Å². The molecule has 110 valence electrons. The largest absolute Gasteiger partial charge is 0.417 e. The van der Waals surface area contributed by atoms with Gasteiger partial charge < -0.3 is 5.32 Å². The van der Waals surface area contributed by atoms with Gasteiger partial charge in [0.2, 0.25) is 0 Å². The van der Waals surface area contributed by atoms with Gasteiger partial charge in [-0.15, -0.1) is 0 Å². The summed E-state index contributed by atoms with van der Waals surface area (Å²) in [6, 6.07) is 2.11. The van der Waals surface area contributed by atoms with Crippen molar-refractivity contribution in [2.24, 2.45) is 0 Å². The number of carbonyl (C=O) groups is 1. The van der Waals surface area contributed by atoms with Crippen LogP contribution < -0.4 is 5.32 Å². The molecule has 0 radical (unpaired) electrons. The zero-order valence-electron chi connectivity index (χ0n) is 11.0. The molecule has 0 aliphatic heterocycles. The van der Waals surface area contributed by atoms with Crippen LogP contribution in [0.25, 0.3) is 0 Å². The first-order chi connectivity index (χ1) is 9.47. The van der Waals surface area contributed by atoms with Gasteiger partial charge in [0.1, 0.15) is 5.69 Å². The Labute approximate surface area is 115 Å². The Bertz CT molecular complexity index is 448. The fourth-order valence-corrected chi connectivity index (χ4v) is 2.38. The SMILES string of the molecule is O=C(NC1CCCCCC1)c1ccc(C(F)(F)F)cn1. The molecule has 1 aromatic heterocycles. The fourth-order valence-electron chi connectivity index (χ4n) is 2.38. The number of aromatic nitrogens is 1. The molecule has 1 saturated carbocycles. The maximum Gasteiger partial charge on any atom is 0.417 e. The summed E-state index contributed by atoms with van der Waals surface area (Å²) >= 11 is 0. The second kappa shape index (κ2) is 6.24. The Hall–Kier alpha value is -1.59. The van der Waals surface area contributed by atoms with Gasteiger partial charge in [0, 0.05) is 12.2 Å². The molecule has 0 aromatic carbocycles. The maximum absolute atomic E-state index is 12.4. The highest BCUT2D eigenvalue weighted by atomic mass is 19.4. The molecular weight excluding hydrogens is 269 g/mol. The molecule has 1 amide bonds. The Morgan fingerprint density at radius 2 is 1.80 bits per heavy atom. The predicted molar refractivity (Wildman–Crippen MR) is 68.2 cm³/mol. The smallest absolute Gasteiger partial charge is 0.348 e. The van der Waals surface area contributed by atoms with Gasteiger partial charge in [0.25, 0.3) is 5.91 Å². The van der Waals surface area contributed by atoms with E-state index in [1.54, 1.807) is 0 Å². The molecule has 0 saturated heterocycles. The van der Waals surface area contributed by atoms with Gasteiger partial charge in [0.15, 0.2) is 0 Å². The van der Waals surface area contributed by atoms with Crippen molar-refractivity contribution in [3.63, 3.8) is 0 Å². The van der Waals surface area contributed by atoms with Crippen molar-refractivity contribution >= 4 is 5.91 Å². The van der Waals surface area contributed by atoms with Gasteiger partial charge in [-0.1, -0.05) is 25.7 Å². The second-order valence-corrected chi connectivity index (χ2v) is 5.09. The molecule has 20 heavy (non-hydrogen) atoms. The minimum atomic E-state index is -4.43. The van der Waals surface area contributed by atoms with E-state index in [1.807, 2.05) is 0 Å². The van der Waals surface area contributed by atoms with Crippen LogP contribution in [-0.4, -0.2) is 16.9 Å². The topological polar surface area (TPSA) is 42.0 Å². The normalized spacial score (nSPS) is 17.6. The highest BCUT2D eigenvalue weighted by Gasteiger charge is 2.31. The molecule has 3 nitrogen and oxygen atoms in total. The lowest BCUT2D eigenvalue weighted by Crippen LogP contribution is -2.34. The molecular formula is C14H17F3N2O. The third-order valence-corrected chi connectivity index (χ3v) is 3.51. The number of rotatable bonds is 2. The molecule has 2 rings (SSSR count). The number of carbonyl (C=O) groups excluding carboxylic acids is 1. The monoisotopic (exact) mass is 286 g/mol. The Morgan fingerprint density at radius 1 is 1.15 bits per heavy atom. The third kappa shape index (κ3) is 3.95. The standard InChI is InChI=1S/C14H17F3N2O/c15-14(16,17)10-7-8-12(18-9-10)13(20)19-11-5-3-1-2-4-6-11/h7-9,11H,1-6H2,(H,19,20). The van der Waals surface area contributed by atoms with Crippen molar-refractivity contribution in [1.82, 2.24) is 10.3 Å². The van der Waals surface area contributed by atoms with Crippen LogP contribution in [0.3, 0.4) is 0 Å². The van der Waals surface area contributed by atoms with E-state index < -0.39 is 17.6 Å². The van der Waals surface area contributed by atoms with Crippen molar-refractivity contribution in [2.45, 2.75) is 50.7 Å². The molecule has 0 atom stereocenters. The number of nitrogens with zero attached hydrogens (tertiary/aromatic N) is 1. The van der Waals surface area contributed by atoms with Crippen molar-refractivity contribution in [3.8, 4) is 0 Å². The first-order valence-corrected chi connectivity index (χ1v) is 6.81. The molecule has 0 bridgehead atoms. The average Bonchev–Trinajstić information content (AvgIpc) is 2.66. The first kappa shape index (κ1) is 14.8. The van der Waals surface area contributed by atoms with Crippen LogP contribution in [0, 0.1) is 0 Å². The van der Waals surface area contributed by atoms with E-state index in [1.165, 1.54) is 12.8 Å². The van der Waals surface area contributed by atoms with Crippen LogP contribution in [0.15, 0.2) is 18.3 Å². The second-order valence-electron chi connectivity index (χ2n) is 5.09. The summed E-state index contributed by atoms with van der Waals surface area (Å²) in [4.78, 5) is 15.5. The summed E-state index contributed by atoms with van der Waals surface area (Å²) in [6.07, 6.45) is 2.61. The number of halogens is 3. The molecule has 1 heterocycles. The summed E-state index contributed by atoms with van der Waals surface area (Å²) < 4.78 is 37.2. The molecule has 6 heteroatoms. The summed E-state index contributed by atoms with van der Waals surface area (Å²) in [5, 5.41) is 2.85. The van der Waals surface area contributed by atoms with Gasteiger partial charge in [0.05, 0.1) is 5.56 Å². The summed E-state index contributed by atoms with van der Waals surface area (Å²) in [5.41, 5.74) is -0.814. The molecule has 1 N–H and O–H groups in total. The average molecular weight is 286 g/mol. The van der Waals surface area contributed by atoms with E-state index >= 15 is 0 Å². The molecule has 0 unspecified atom stereocenters. The minimum Gasteiger partial charge on any atom is -0.348 e. The zero-order valence-corrected chi connectivity index (χ0v) is 11.0. The van der Waals surface area contributed by atoms with Crippen LogP contribution >= 0.6 is 0 Å². The van der Waals surface area contributed by atoms with Crippen LogP contribution in [0.4, 0.5) is 13.2 Å². The molecule has 1 fully saturated rings. The summed E-state index contributed by atoms with van der Waals surface area (Å²) in [5.74, 6) is -0.398. The number of nitrogens with one attached hydrogen (secondary N) is 1. The highest BCUT2D eigenvalue weighted by molar-refractivity contribution is 5.92. The van der Waals surface area contributed by atoms with Crippen molar-refractivity contribution in [3.05, 3.63) is 29.6 Å². The molecule has 1 aliphatic rings. The van der Waals surface area contributed by atoms with Crippen molar-refractivity contribution in [2.75, 3.05) is 0 Å². The van der Waals surface area contributed by atoms with Crippen molar-refractivity contribution < 1.29 is 18.0 Å². The highest BCUT2D eigenvalue weighted by Crippen LogP contribution is 2.28. The Morgan fingerprint density at radius 3 is 2.30 bits per heavy atom. The van der Waals surface area contributed by atoms with Gasteiger partial charge in [-0.25, -0.2) is 0 Å². The summed E-state index contributed by atoms with van der Waals surface area (Å²) in [7, 11) is 0. The molecule has 0 spiro atoms. The van der Waals surface area contributed by atoms with E-state index in [9.17, 15) is 18.0 Å². The van der Waals surface area contributed by atoms with E-state index in [0.717, 1.165) is 37.8 Å². The van der Waals surface area contributed by atoms with Gasteiger partial charge >= 0.3 is 6.18 Å². The Kier molecular flexibility index (Phi) is 4.62. The van der Waals surface area contributed by atoms with Gasteiger partial charge in [-0.3, -0.25) is 9.78 Å². The number of alkyl halides is 3. The van der Waals surface area contributed by atoms with Gasteiger partial charge in [-0.2, -0.15) is 13.2 Å². The third-order valence-electron chi connectivity index (χ3n) is 3.51. The minimum absolute atomic E-state index is 0.0299. The molecule has 1 aromatic rings. The van der Waals surface area contributed by atoms with Crippen LogP contribution in [0.5, 0.6) is 0 Å². The maximum atomic E-state index is 12.4. The van der Waals surface area contributed by atoms with E-state index in [-0.39, 0.29) is 11.7 Å². The predicted octanol–water partition coefficient (Wildman–Crippen LogP) is 3.55. The van der Waals surface area contributed by atoms with E-state index in [2.05, 4.69) is 10.3 Å². The van der Waals surface area contributed by atoms with Crippen LogP contribution in [-0.2, 0) is 6.18 Å². The summed E-state index contributed by atoms with van der Waals surface area (Å²) in [6.45, 7) is 0. The number of amides is 1. The van der Waals surface area contributed by atoms with Crippen LogP contribution in [0.1, 0.15) is 54.6 Å². The van der Waals surface area contributed by atoms with Crippen molar-refractivity contribution in [1.29, 1.82) is 0 Å². The quantitative estimate of drug-likeness (QED) is 0.845. The fraction of sp³-hybridized carbons (Fsp3) is 0.571. The number of hydrogen-bond acceptors (Lipinski definition) is 2. The van der Waals surface area contributed by atoms with E-state index in [4.69, 9.17) is 0 Å². The first-order valence-electron chi connectivity index (χ1n) is 6.81. The lowest BCUT2D eigenvalue weighted by Gasteiger charge is -2.16. The lowest BCUT2D eigenvalue weighted by atomic mass is 10.1.